The van der Waals surface area contributed by atoms with Crippen molar-refractivity contribution in [1.29, 1.82) is 0 Å². The molecule has 6 nitrogen and oxygen atoms in total. The standard InChI is InChI=1S/C20H26N2O4/c1-2-12-25-16-7-6-15-13-17(20(24)26-18(15)14-16)19(23)21-8-11-22-9-4-3-5-10-22/h6-7,13-14H,2-5,8-12H2,1H3,(H,21,23). The molecule has 0 atom stereocenters. The lowest BCUT2D eigenvalue weighted by molar-refractivity contribution is 0.0943. The number of rotatable bonds is 7. The van der Waals surface area contributed by atoms with Gasteiger partial charge in [0.1, 0.15) is 16.9 Å². The number of likely N-dealkylation sites (tertiary alicyclic amines) is 1. The van der Waals surface area contributed by atoms with Crippen molar-refractivity contribution >= 4 is 16.9 Å². The Bertz CT molecular complexity index is 809. The van der Waals surface area contributed by atoms with Crippen LogP contribution in [0.25, 0.3) is 11.0 Å². The van der Waals surface area contributed by atoms with E-state index in [1.807, 2.05) is 13.0 Å². The van der Waals surface area contributed by atoms with Gasteiger partial charge >= 0.3 is 5.63 Å². The monoisotopic (exact) mass is 358 g/mol. The van der Waals surface area contributed by atoms with Crippen LogP contribution in [0.1, 0.15) is 43.0 Å². The molecule has 0 aliphatic carbocycles. The highest BCUT2D eigenvalue weighted by Crippen LogP contribution is 2.20. The maximum absolute atomic E-state index is 12.3. The molecule has 140 valence electrons. The largest absolute Gasteiger partial charge is 0.493 e. The molecule has 0 saturated carbocycles. The first-order valence-electron chi connectivity index (χ1n) is 9.38. The van der Waals surface area contributed by atoms with Crippen LogP contribution in [-0.2, 0) is 0 Å². The second kappa shape index (κ2) is 8.85. The molecule has 1 aromatic heterocycles. The van der Waals surface area contributed by atoms with Gasteiger partial charge in [0, 0.05) is 24.5 Å². The van der Waals surface area contributed by atoms with Gasteiger partial charge in [-0.2, -0.15) is 0 Å². The van der Waals surface area contributed by atoms with Gasteiger partial charge in [0.15, 0.2) is 0 Å². The van der Waals surface area contributed by atoms with Crippen LogP contribution in [0.3, 0.4) is 0 Å². The third-order valence-electron chi connectivity index (χ3n) is 4.59. The number of ether oxygens (including phenoxy) is 1. The van der Waals surface area contributed by atoms with E-state index >= 15 is 0 Å². The van der Waals surface area contributed by atoms with Crippen molar-refractivity contribution in [2.24, 2.45) is 0 Å². The first-order valence-corrected chi connectivity index (χ1v) is 9.38. The number of hydrogen-bond acceptors (Lipinski definition) is 5. The van der Waals surface area contributed by atoms with Gasteiger partial charge in [-0.3, -0.25) is 4.79 Å². The fourth-order valence-corrected chi connectivity index (χ4v) is 3.17. The molecule has 1 aliphatic heterocycles. The second-order valence-corrected chi connectivity index (χ2v) is 6.65. The van der Waals surface area contributed by atoms with Gasteiger partial charge < -0.3 is 19.4 Å². The van der Waals surface area contributed by atoms with E-state index in [4.69, 9.17) is 9.15 Å². The number of nitrogens with zero attached hydrogens (tertiary/aromatic N) is 1. The lowest BCUT2D eigenvalue weighted by Crippen LogP contribution is -2.38. The highest BCUT2D eigenvalue weighted by Gasteiger charge is 2.15. The van der Waals surface area contributed by atoms with Gasteiger partial charge in [-0.25, -0.2) is 4.79 Å². The molecular formula is C20H26N2O4. The molecule has 2 aromatic rings. The van der Waals surface area contributed by atoms with Gasteiger partial charge in [-0.15, -0.1) is 0 Å². The average molecular weight is 358 g/mol. The molecule has 26 heavy (non-hydrogen) atoms. The summed E-state index contributed by atoms with van der Waals surface area (Å²) in [5.41, 5.74) is -0.160. The molecule has 2 heterocycles. The quantitative estimate of drug-likeness (QED) is 0.771. The topological polar surface area (TPSA) is 71.8 Å². The predicted molar refractivity (Wildman–Crippen MR) is 101 cm³/mol. The van der Waals surface area contributed by atoms with Gasteiger partial charge in [0.2, 0.25) is 0 Å². The van der Waals surface area contributed by atoms with Crippen molar-refractivity contribution < 1.29 is 13.9 Å². The number of hydrogen-bond donors (Lipinski definition) is 1. The second-order valence-electron chi connectivity index (χ2n) is 6.65. The number of piperidine rings is 1. The number of carbonyl (C=O) groups is 1. The van der Waals surface area contributed by atoms with E-state index < -0.39 is 5.63 Å². The van der Waals surface area contributed by atoms with Crippen LogP contribution < -0.4 is 15.7 Å². The third kappa shape index (κ3) is 4.64. The number of fused-ring (bicyclic) bond motifs is 1. The Labute approximate surface area is 153 Å². The fourth-order valence-electron chi connectivity index (χ4n) is 3.17. The highest BCUT2D eigenvalue weighted by molar-refractivity contribution is 5.96. The zero-order chi connectivity index (χ0) is 18.4. The van der Waals surface area contributed by atoms with E-state index in [9.17, 15) is 9.59 Å². The summed E-state index contributed by atoms with van der Waals surface area (Å²) >= 11 is 0. The third-order valence-corrected chi connectivity index (χ3v) is 4.59. The van der Waals surface area contributed by atoms with E-state index in [1.165, 1.54) is 19.3 Å². The van der Waals surface area contributed by atoms with Crippen LogP contribution in [-0.4, -0.2) is 43.6 Å². The Hall–Kier alpha value is -2.34. The Morgan fingerprint density at radius 2 is 2.04 bits per heavy atom. The van der Waals surface area contributed by atoms with Crippen LogP contribution in [0, 0.1) is 0 Å². The average Bonchev–Trinajstić information content (AvgIpc) is 2.66. The van der Waals surface area contributed by atoms with Crippen LogP contribution in [0.2, 0.25) is 0 Å². The van der Waals surface area contributed by atoms with Crippen molar-refractivity contribution in [2.45, 2.75) is 32.6 Å². The summed E-state index contributed by atoms with van der Waals surface area (Å²) in [5.74, 6) is 0.269. The summed E-state index contributed by atoms with van der Waals surface area (Å²) in [4.78, 5) is 26.9. The fraction of sp³-hybridized carbons (Fsp3) is 0.500. The van der Waals surface area contributed by atoms with E-state index in [-0.39, 0.29) is 11.5 Å². The number of benzene rings is 1. The molecule has 1 fully saturated rings. The smallest absolute Gasteiger partial charge is 0.349 e. The van der Waals surface area contributed by atoms with Crippen molar-refractivity contribution in [1.82, 2.24) is 10.2 Å². The first-order chi connectivity index (χ1) is 12.7. The summed E-state index contributed by atoms with van der Waals surface area (Å²) < 4.78 is 10.9. The molecule has 1 aromatic carbocycles. The molecular weight excluding hydrogens is 332 g/mol. The van der Waals surface area contributed by atoms with Crippen LogP contribution in [0.4, 0.5) is 0 Å². The number of carbonyl (C=O) groups excluding carboxylic acids is 1. The Kier molecular flexibility index (Phi) is 6.28. The normalized spacial score (nSPS) is 15.1. The van der Waals surface area contributed by atoms with Gasteiger partial charge in [0.05, 0.1) is 6.61 Å². The Morgan fingerprint density at radius 1 is 1.23 bits per heavy atom. The van der Waals surface area contributed by atoms with Gasteiger partial charge in [-0.05, 0) is 50.6 Å². The molecule has 6 heteroatoms. The van der Waals surface area contributed by atoms with E-state index in [1.54, 1.807) is 18.2 Å². The van der Waals surface area contributed by atoms with E-state index in [0.717, 1.165) is 26.1 Å². The summed E-state index contributed by atoms with van der Waals surface area (Å²) in [7, 11) is 0. The van der Waals surface area contributed by atoms with Crippen molar-refractivity contribution in [3.05, 3.63) is 40.2 Å². The molecule has 0 bridgehead atoms. The number of amides is 1. The summed E-state index contributed by atoms with van der Waals surface area (Å²) in [6, 6.07) is 6.88. The Balaban J connectivity index is 1.65. The minimum absolute atomic E-state index is 0.0402. The number of nitrogens with one attached hydrogen (secondary N) is 1. The van der Waals surface area contributed by atoms with Crippen LogP contribution in [0.15, 0.2) is 33.5 Å². The summed E-state index contributed by atoms with van der Waals surface area (Å²) in [5, 5.41) is 3.53. The molecule has 0 radical (unpaired) electrons. The minimum Gasteiger partial charge on any atom is -0.493 e. The van der Waals surface area contributed by atoms with Crippen molar-refractivity contribution in [3.63, 3.8) is 0 Å². The minimum atomic E-state index is -0.624. The molecule has 3 rings (SSSR count). The predicted octanol–water partition coefficient (Wildman–Crippen LogP) is 2.80. The molecule has 0 spiro atoms. The summed E-state index contributed by atoms with van der Waals surface area (Å²) in [6.45, 7) is 6.13. The molecule has 1 saturated heterocycles. The highest BCUT2D eigenvalue weighted by atomic mass is 16.5. The molecule has 1 amide bonds. The molecule has 1 aliphatic rings. The van der Waals surface area contributed by atoms with Gasteiger partial charge in [-0.1, -0.05) is 13.3 Å². The lowest BCUT2D eigenvalue weighted by atomic mass is 10.1. The molecule has 0 unspecified atom stereocenters. The van der Waals surface area contributed by atoms with Gasteiger partial charge in [0.25, 0.3) is 5.91 Å². The zero-order valence-electron chi connectivity index (χ0n) is 15.3. The van der Waals surface area contributed by atoms with E-state index in [2.05, 4.69) is 10.2 Å². The van der Waals surface area contributed by atoms with Crippen LogP contribution >= 0.6 is 0 Å². The van der Waals surface area contributed by atoms with Crippen molar-refractivity contribution in [2.75, 3.05) is 32.8 Å². The molecule has 1 N–H and O–H groups in total. The maximum Gasteiger partial charge on any atom is 0.349 e. The maximum atomic E-state index is 12.3. The Morgan fingerprint density at radius 3 is 2.81 bits per heavy atom. The zero-order valence-corrected chi connectivity index (χ0v) is 15.3. The van der Waals surface area contributed by atoms with Crippen LogP contribution in [0.5, 0.6) is 5.75 Å². The van der Waals surface area contributed by atoms with E-state index in [0.29, 0.717) is 29.9 Å². The summed E-state index contributed by atoms with van der Waals surface area (Å²) in [6.07, 6.45) is 4.61. The first kappa shape index (κ1) is 18.5. The SMILES string of the molecule is CCCOc1ccc2cc(C(=O)NCCN3CCCCC3)c(=O)oc2c1. The van der Waals surface area contributed by atoms with Crippen molar-refractivity contribution in [3.8, 4) is 5.75 Å². The lowest BCUT2D eigenvalue weighted by Gasteiger charge is -2.26.